The number of anilines is 2. The average molecular weight is 377 g/mol. The Hall–Kier alpha value is -2.73. The molecular formula is C19H18ClFN2O3. The average Bonchev–Trinajstić information content (AvgIpc) is 2.58. The zero-order valence-corrected chi connectivity index (χ0v) is 15.1. The van der Waals surface area contributed by atoms with Crippen LogP contribution in [0.5, 0.6) is 0 Å². The highest BCUT2D eigenvalue weighted by Crippen LogP contribution is 2.23. The summed E-state index contributed by atoms with van der Waals surface area (Å²) in [4.78, 5) is 36.7. The van der Waals surface area contributed by atoms with Gasteiger partial charge in [0, 0.05) is 36.8 Å². The minimum atomic E-state index is -0.581. The summed E-state index contributed by atoms with van der Waals surface area (Å²) < 4.78 is 13.3. The third-order valence-electron chi connectivity index (χ3n) is 3.71. The van der Waals surface area contributed by atoms with Gasteiger partial charge < -0.3 is 10.2 Å². The van der Waals surface area contributed by atoms with Gasteiger partial charge in [-0.05, 0) is 37.3 Å². The molecular weight excluding hydrogens is 359 g/mol. The van der Waals surface area contributed by atoms with E-state index in [1.165, 1.54) is 36.9 Å². The van der Waals surface area contributed by atoms with E-state index in [9.17, 15) is 18.8 Å². The van der Waals surface area contributed by atoms with Crippen LogP contribution in [0.2, 0.25) is 5.02 Å². The predicted molar refractivity (Wildman–Crippen MR) is 99.1 cm³/mol. The summed E-state index contributed by atoms with van der Waals surface area (Å²) in [7, 11) is 0. The van der Waals surface area contributed by atoms with Crippen molar-refractivity contribution in [2.24, 2.45) is 0 Å². The zero-order chi connectivity index (χ0) is 19.3. The molecule has 136 valence electrons. The molecule has 0 aliphatic heterocycles. The van der Waals surface area contributed by atoms with E-state index in [1.54, 1.807) is 24.3 Å². The van der Waals surface area contributed by atoms with Crippen molar-refractivity contribution in [2.75, 3.05) is 16.8 Å². The second-order valence-corrected chi connectivity index (χ2v) is 6.11. The van der Waals surface area contributed by atoms with Gasteiger partial charge in [-0.15, -0.1) is 0 Å². The summed E-state index contributed by atoms with van der Waals surface area (Å²) in [6.45, 7) is 2.90. The molecule has 0 bridgehead atoms. The Morgan fingerprint density at radius 1 is 1.12 bits per heavy atom. The number of nitrogens with zero attached hydrogens (tertiary/aromatic N) is 1. The third kappa shape index (κ3) is 5.13. The Balaban J connectivity index is 2.03. The summed E-state index contributed by atoms with van der Waals surface area (Å²) in [5.74, 6) is -1.29. The summed E-state index contributed by atoms with van der Waals surface area (Å²) in [5.41, 5.74) is 1.41. The van der Waals surface area contributed by atoms with Crippen molar-refractivity contribution in [3.8, 4) is 0 Å². The maximum atomic E-state index is 13.3. The van der Waals surface area contributed by atoms with E-state index >= 15 is 0 Å². The van der Waals surface area contributed by atoms with Crippen LogP contribution < -0.4 is 10.2 Å². The Labute approximate surface area is 155 Å². The van der Waals surface area contributed by atoms with Crippen molar-refractivity contribution in [1.29, 1.82) is 0 Å². The number of ketones is 1. The number of benzene rings is 2. The molecule has 0 aromatic heterocycles. The first-order valence-corrected chi connectivity index (χ1v) is 8.29. The molecule has 0 radical (unpaired) electrons. The third-order valence-corrected chi connectivity index (χ3v) is 4.00. The van der Waals surface area contributed by atoms with Crippen molar-refractivity contribution in [3.05, 3.63) is 58.9 Å². The van der Waals surface area contributed by atoms with Gasteiger partial charge in [0.25, 0.3) is 0 Å². The second kappa shape index (κ2) is 8.58. The molecule has 0 aliphatic carbocycles. The number of carbonyl (C=O) groups excluding carboxylic acids is 3. The second-order valence-electron chi connectivity index (χ2n) is 5.70. The minimum Gasteiger partial charge on any atom is -0.326 e. The highest BCUT2D eigenvalue weighted by molar-refractivity contribution is 6.31. The molecule has 0 spiro atoms. The number of Topliss-reactive ketones (excluding diaryl/α,β-unsaturated/α-hetero) is 1. The van der Waals surface area contributed by atoms with Gasteiger partial charge in [0.1, 0.15) is 5.82 Å². The number of halogens is 2. The lowest BCUT2D eigenvalue weighted by Gasteiger charge is -2.21. The summed E-state index contributed by atoms with van der Waals surface area (Å²) in [6, 6.07) is 10.5. The highest BCUT2D eigenvalue weighted by Gasteiger charge is 2.15. The molecule has 0 atom stereocenters. The van der Waals surface area contributed by atoms with Crippen LogP contribution in [0.25, 0.3) is 0 Å². The minimum absolute atomic E-state index is 0.0267. The van der Waals surface area contributed by atoms with Gasteiger partial charge in [0.05, 0.1) is 5.02 Å². The van der Waals surface area contributed by atoms with Gasteiger partial charge in [0.15, 0.2) is 5.78 Å². The van der Waals surface area contributed by atoms with Crippen LogP contribution in [0.4, 0.5) is 15.8 Å². The topological polar surface area (TPSA) is 66.5 Å². The van der Waals surface area contributed by atoms with Crippen molar-refractivity contribution in [3.63, 3.8) is 0 Å². The predicted octanol–water partition coefficient (Wildman–Crippen LogP) is 4.06. The quantitative estimate of drug-likeness (QED) is 0.773. The fourth-order valence-corrected chi connectivity index (χ4v) is 2.55. The van der Waals surface area contributed by atoms with Crippen LogP contribution in [0.3, 0.4) is 0 Å². The first kappa shape index (κ1) is 19.6. The van der Waals surface area contributed by atoms with E-state index in [-0.39, 0.29) is 35.6 Å². The maximum Gasteiger partial charge on any atom is 0.226 e. The number of rotatable bonds is 6. The normalized spacial score (nSPS) is 10.3. The highest BCUT2D eigenvalue weighted by atomic mass is 35.5. The molecule has 7 heteroatoms. The van der Waals surface area contributed by atoms with E-state index < -0.39 is 5.82 Å². The summed E-state index contributed by atoms with van der Waals surface area (Å²) in [5, 5.41) is 2.59. The van der Waals surface area contributed by atoms with E-state index in [4.69, 9.17) is 11.6 Å². The van der Waals surface area contributed by atoms with Crippen molar-refractivity contribution < 1.29 is 18.8 Å². The molecule has 0 fully saturated rings. The lowest BCUT2D eigenvalue weighted by molar-refractivity contribution is -0.117. The Kier molecular flexibility index (Phi) is 6.46. The molecule has 2 rings (SSSR count). The Morgan fingerprint density at radius 3 is 2.46 bits per heavy atom. The lowest BCUT2D eigenvalue weighted by atomic mass is 10.1. The van der Waals surface area contributed by atoms with Crippen LogP contribution >= 0.6 is 11.6 Å². The lowest BCUT2D eigenvalue weighted by Crippen LogP contribution is -2.32. The first-order chi connectivity index (χ1) is 12.3. The Morgan fingerprint density at radius 2 is 1.85 bits per heavy atom. The van der Waals surface area contributed by atoms with Crippen LogP contribution in [-0.2, 0) is 9.59 Å². The van der Waals surface area contributed by atoms with Crippen LogP contribution in [-0.4, -0.2) is 24.1 Å². The van der Waals surface area contributed by atoms with Gasteiger partial charge in [-0.1, -0.05) is 23.7 Å². The van der Waals surface area contributed by atoms with Gasteiger partial charge in [0.2, 0.25) is 11.8 Å². The molecule has 0 heterocycles. The molecule has 1 N–H and O–H groups in total. The molecule has 2 aromatic carbocycles. The largest absolute Gasteiger partial charge is 0.326 e. The van der Waals surface area contributed by atoms with E-state index in [0.29, 0.717) is 16.9 Å². The summed E-state index contributed by atoms with van der Waals surface area (Å²) >= 11 is 5.75. The first-order valence-electron chi connectivity index (χ1n) is 7.92. The molecule has 0 unspecified atom stereocenters. The summed E-state index contributed by atoms with van der Waals surface area (Å²) in [6.07, 6.45) is 0.0267. The van der Waals surface area contributed by atoms with Crippen molar-refractivity contribution >= 4 is 40.6 Å². The molecule has 0 aliphatic rings. The van der Waals surface area contributed by atoms with Gasteiger partial charge >= 0.3 is 0 Å². The van der Waals surface area contributed by atoms with Crippen molar-refractivity contribution in [1.82, 2.24) is 0 Å². The van der Waals surface area contributed by atoms with Gasteiger partial charge in [-0.2, -0.15) is 0 Å². The monoisotopic (exact) mass is 376 g/mol. The number of hydrogen-bond donors (Lipinski definition) is 1. The maximum absolute atomic E-state index is 13.3. The van der Waals surface area contributed by atoms with Crippen LogP contribution in [0, 0.1) is 5.82 Å². The standard InChI is InChI=1S/C19H18ClFN2O3/c1-12(24)14-4-3-5-15(10-14)22-19(26)8-9-23(13(2)25)16-6-7-18(21)17(20)11-16/h3-7,10-11H,8-9H2,1-2H3,(H,22,26). The van der Waals surface area contributed by atoms with E-state index in [2.05, 4.69) is 5.32 Å². The van der Waals surface area contributed by atoms with Crippen LogP contribution in [0.1, 0.15) is 30.6 Å². The fraction of sp³-hybridized carbons (Fsp3) is 0.211. The fourth-order valence-electron chi connectivity index (χ4n) is 2.37. The van der Waals surface area contributed by atoms with Crippen molar-refractivity contribution in [2.45, 2.75) is 20.3 Å². The number of amides is 2. The van der Waals surface area contributed by atoms with E-state index in [0.717, 1.165) is 0 Å². The van der Waals surface area contributed by atoms with E-state index in [1.807, 2.05) is 0 Å². The smallest absolute Gasteiger partial charge is 0.226 e. The van der Waals surface area contributed by atoms with Crippen LogP contribution in [0.15, 0.2) is 42.5 Å². The molecule has 0 saturated carbocycles. The van der Waals surface area contributed by atoms with Gasteiger partial charge in [-0.25, -0.2) is 4.39 Å². The molecule has 26 heavy (non-hydrogen) atoms. The number of hydrogen-bond acceptors (Lipinski definition) is 3. The zero-order valence-electron chi connectivity index (χ0n) is 14.4. The SMILES string of the molecule is CC(=O)c1cccc(NC(=O)CCN(C(C)=O)c2ccc(F)c(Cl)c2)c1. The number of nitrogens with one attached hydrogen (secondary N) is 1. The number of carbonyl (C=O) groups is 3. The molecule has 0 saturated heterocycles. The molecule has 2 aromatic rings. The molecule has 5 nitrogen and oxygen atoms in total. The Bertz CT molecular complexity index is 854. The van der Waals surface area contributed by atoms with Gasteiger partial charge in [-0.3, -0.25) is 14.4 Å². The molecule has 2 amide bonds.